The molecule has 0 aliphatic carbocycles. The fourth-order valence-electron chi connectivity index (χ4n) is 2.80. The van der Waals surface area contributed by atoms with Crippen LogP contribution in [0.25, 0.3) is 10.4 Å². The largest absolute Gasteiger partial charge is 0.462 e. The summed E-state index contributed by atoms with van der Waals surface area (Å²) in [6.45, 7) is 9.46. The third kappa shape index (κ3) is 4.37. The number of hydrogen-bond donors (Lipinski definition) is 1. The molecule has 4 nitrogen and oxygen atoms in total. The number of carbonyl (C=O) groups is 1. The number of ether oxygens (including phenoxy) is 1. The Morgan fingerprint density at radius 1 is 1.25 bits per heavy atom. The van der Waals surface area contributed by atoms with E-state index in [1.165, 1.54) is 11.3 Å². The minimum absolute atomic E-state index is 0.321. The van der Waals surface area contributed by atoms with Gasteiger partial charge < -0.3 is 10.5 Å². The van der Waals surface area contributed by atoms with Gasteiger partial charge in [-0.15, -0.1) is 22.7 Å². The van der Waals surface area contributed by atoms with Crippen LogP contribution in [0.4, 0.5) is 5.00 Å². The zero-order chi connectivity index (χ0) is 17.5. The van der Waals surface area contributed by atoms with Crippen molar-refractivity contribution in [3.05, 3.63) is 28.0 Å². The second-order valence-electron chi connectivity index (χ2n) is 5.61. The quantitative estimate of drug-likeness (QED) is 0.644. The van der Waals surface area contributed by atoms with E-state index in [0.717, 1.165) is 47.8 Å². The van der Waals surface area contributed by atoms with Crippen LogP contribution in [0.5, 0.6) is 0 Å². The molecule has 6 heteroatoms. The van der Waals surface area contributed by atoms with Crippen molar-refractivity contribution in [1.29, 1.82) is 0 Å². The Bertz CT molecular complexity index is 644. The van der Waals surface area contributed by atoms with E-state index in [-0.39, 0.29) is 5.97 Å². The maximum Gasteiger partial charge on any atom is 0.341 e. The Balaban J connectivity index is 2.44. The van der Waals surface area contributed by atoms with Gasteiger partial charge in [-0.3, -0.25) is 4.90 Å². The minimum Gasteiger partial charge on any atom is -0.462 e. The summed E-state index contributed by atoms with van der Waals surface area (Å²) in [4.78, 5) is 17.1. The van der Waals surface area contributed by atoms with Crippen molar-refractivity contribution >= 4 is 33.6 Å². The summed E-state index contributed by atoms with van der Waals surface area (Å²) in [5.41, 5.74) is 7.70. The van der Waals surface area contributed by atoms with Gasteiger partial charge in [0, 0.05) is 21.9 Å². The van der Waals surface area contributed by atoms with E-state index in [4.69, 9.17) is 10.5 Å². The summed E-state index contributed by atoms with van der Waals surface area (Å²) in [7, 11) is 0. The van der Waals surface area contributed by atoms with Crippen molar-refractivity contribution in [2.24, 2.45) is 0 Å². The topological polar surface area (TPSA) is 55.6 Å². The summed E-state index contributed by atoms with van der Waals surface area (Å²) in [5, 5.41) is 2.58. The molecule has 0 saturated carbocycles. The Kier molecular flexibility index (Phi) is 7.27. The number of hydrogen-bond acceptors (Lipinski definition) is 6. The molecule has 0 saturated heterocycles. The number of esters is 1. The molecule has 0 bridgehead atoms. The van der Waals surface area contributed by atoms with E-state index in [1.807, 2.05) is 24.4 Å². The van der Waals surface area contributed by atoms with Gasteiger partial charge in [0.25, 0.3) is 0 Å². The summed E-state index contributed by atoms with van der Waals surface area (Å²) in [6.07, 6.45) is 2.22. The van der Waals surface area contributed by atoms with E-state index in [2.05, 4.69) is 18.7 Å². The number of nitrogens with two attached hydrogens (primary N) is 1. The highest BCUT2D eigenvalue weighted by Crippen LogP contribution is 2.41. The lowest BCUT2D eigenvalue weighted by molar-refractivity contribution is 0.0529. The van der Waals surface area contributed by atoms with Crippen molar-refractivity contribution < 1.29 is 9.53 Å². The van der Waals surface area contributed by atoms with E-state index in [1.54, 1.807) is 11.3 Å². The molecule has 0 unspecified atom stereocenters. The maximum absolute atomic E-state index is 12.4. The summed E-state index contributed by atoms with van der Waals surface area (Å²) >= 11 is 3.15. The van der Waals surface area contributed by atoms with Crippen LogP contribution in [0.1, 0.15) is 48.8 Å². The summed E-state index contributed by atoms with van der Waals surface area (Å²) in [5.74, 6) is -0.321. The zero-order valence-electron chi connectivity index (χ0n) is 14.6. The summed E-state index contributed by atoms with van der Waals surface area (Å²) < 4.78 is 5.24. The highest BCUT2D eigenvalue weighted by molar-refractivity contribution is 7.18. The molecule has 132 valence electrons. The molecule has 2 aromatic heterocycles. The first kappa shape index (κ1) is 19.0. The third-order valence-electron chi connectivity index (χ3n) is 3.70. The molecule has 0 aliphatic heterocycles. The number of nitrogen functional groups attached to an aromatic ring is 1. The second kappa shape index (κ2) is 9.20. The SMILES string of the molecule is CCCN(CCC)Cc1sc(N)c(C(=O)OCC)c1-c1cccs1. The molecular weight excluding hydrogens is 340 g/mol. The molecule has 0 atom stereocenters. The van der Waals surface area contributed by atoms with Gasteiger partial charge in [0.15, 0.2) is 0 Å². The van der Waals surface area contributed by atoms with Crippen molar-refractivity contribution in [3.63, 3.8) is 0 Å². The van der Waals surface area contributed by atoms with Crippen LogP contribution in [0.2, 0.25) is 0 Å². The molecule has 0 aromatic carbocycles. The maximum atomic E-state index is 12.4. The van der Waals surface area contributed by atoms with Gasteiger partial charge in [-0.25, -0.2) is 4.79 Å². The van der Waals surface area contributed by atoms with Crippen LogP contribution in [-0.4, -0.2) is 30.6 Å². The van der Waals surface area contributed by atoms with Gasteiger partial charge in [0.2, 0.25) is 0 Å². The van der Waals surface area contributed by atoms with Gasteiger partial charge >= 0.3 is 5.97 Å². The number of thiophene rings is 2. The van der Waals surface area contributed by atoms with E-state index >= 15 is 0 Å². The Labute approximate surface area is 152 Å². The van der Waals surface area contributed by atoms with Gasteiger partial charge in [0.05, 0.1) is 6.61 Å². The molecule has 2 aromatic rings. The molecular formula is C18H26N2O2S2. The first-order valence-electron chi connectivity index (χ1n) is 8.46. The van der Waals surface area contributed by atoms with Crippen LogP contribution in [0, 0.1) is 0 Å². The second-order valence-corrected chi connectivity index (χ2v) is 7.70. The van der Waals surface area contributed by atoms with E-state index in [0.29, 0.717) is 17.2 Å². The average Bonchev–Trinajstić information content (AvgIpc) is 3.15. The molecule has 0 fully saturated rings. The van der Waals surface area contributed by atoms with E-state index in [9.17, 15) is 4.79 Å². The lowest BCUT2D eigenvalue weighted by Gasteiger charge is -2.20. The van der Waals surface area contributed by atoms with Crippen LogP contribution >= 0.6 is 22.7 Å². The third-order valence-corrected chi connectivity index (χ3v) is 5.59. The van der Waals surface area contributed by atoms with Crippen LogP contribution in [0.15, 0.2) is 17.5 Å². The molecule has 24 heavy (non-hydrogen) atoms. The summed E-state index contributed by atoms with van der Waals surface area (Å²) in [6, 6.07) is 4.05. The molecule has 0 spiro atoms. The standard InChI is InChI=1S/C18H26N2O2S2/c1-4-9-20(10-5-2)12-14-15(13-8-7-11-23-13)16(17(19)24-14)18(21)22-6-3/h7-8,11H,4-6,9-10,12,19H2,1-3H3. The fraction of sp³-hybridized carbons (Fsp3) is 0.500. The minimum atomic E-state index is -0.321. The molecule has 0 radical (unpaired) electrons. The zero-order valence-corrected chi connectivity index (χ0v) is 16.3. The predicted octanol–water partition coefficient (Wildman–Crippen LogP) is 4.86. The molecule has 0 aliphatic rings. The Morgan fingerprint density at radius 2 is 1.96 bits per heavy atom. The Morgan fingerprint density at radius 3 is 2.50 bits per heavy atom. The van der Waals surface area contributed by atoms with Gasteiger partial charge in [-0.05, 0) is 44.3 Å². The average molecular weight is 367 g/mol. The first-order valence-corrected chi connectivity index (χ1v) is 10.2. The van der Waals surface area contributed by atoms with Crippen molar-refractivity contribution in [2.75, 3.05) is 25.4 Å². The number of nitrogens with zero attached hydrogens (tertiary/aromatic N) is 1. The lowest BCUT2D eigenvalue weighted by atomic mass is 10.1. The molecule has 2 rings (SSSR count). The van der Waals surface area contributed by atoms with Gasteiger partial charge in [-0.1, -0.05) is 19.9 Å². The first-order chi connectivity index (χ1) is 11.6. The fourth-order valence-corrected chi connectivity index (χ4v) is 4.78. The van der Waals surface area contributed by atoms with Gasteiger partial charge in [-0.2, -0.15) is 0 Å². The molecule has 2 N–H and O–H groups in total. The van der Waals surface area contributed by atoms with Crippen LogP contribution in [0.3, 0.4) is 0 Å². The Hall–Kier alpha value is -1.37. The van der Waals surface area contributed by atoms with Crippen LogP contribution < -0.4 is 5.73 Å². The van der Waals surface area contributed by atoms with Crippen molar-refractivity contribution in [1.82, 2.24) is 4.90 Å². The number of anilines is 1. The predicted molar refractivity (Wildman–Crippen MR) is 104 cm³/mol. The molecule has 2 heterocycles. The van der Waals surface area contributed by atoms with Crippen LogP contribution in [-0.2, 0) is 11.3 Å². The van der Waals surface area contributed by atoms with Gasteiger partial charge in [0.1, 0.15) is 10.6 Å². The highest BCUT2D eigenvalue weighted by atomic mass is 32.1. The van der Waals surface area contributed by atoms with Crippen molar-refractivity contribution in [3.8, 4) is 10.4 Å². The molecule has 0 amide bonds. The van der Waals surface area contributed by atoms with Crippen molar-refractivity contribution in [2.45, 2.75) is 40.2 Å². The van der Waals surface area contributed by atoms with E-state index < -0.39 is 0 Å². The number of rotatable bonds is 9. The monoisotopic (exact) mass is 366 g/mol. The smallest absolute Gasteiger partial charge is 0.341 e. The number of carbonyl (C=O) groups excluding carboxylic acids is 1. The highest BCUT2D eigenvalue weighted by Gasteiger charge is 2.25. The normalized spacial score (nSPS) is 11.2. The lowest BCUT2D eigenvalue weighted by Crippen LogP contribution is -2.24.